The average molecular weight is 491 g/mol. The van der Waals surface area contributed by atoms with Crippen molar-refractivity contribution in [3.05, 3.63) is 59.2 Å². The Kier molecular flexibility index (Phi) is 8.23. The van der Waals surface area contributed by atoms with Gasteiger partial charge in [-0.25, -0.2) is 0 Å². The smallest absolute Gasteiger partial charge is 0.236 e. The lowest BCUT2D eigenvalue weighted by Crippen LogP contribution is -2.43. The molecule has 0 N–H and O–H groups in total. The Labute approximate surface area is 214 Å². The molecule has 0 aromatic carbocycles. The van der Waals surface area contributed by atoms with Crippen LogP contribution in [0.15, 0.2) is 36.4 Å². The molecular formula is C28H38N6O2. The van der Waals surface area contributed by atoms with Crippen LogP contribution in [0.25, 0.3) is 0 Å². The van der Waals surface area contributed by atoms with Crippen molar-refractivity contribution < 1.29 is 9.59 Å². The van der Waals surface area contributed by atoms with E-state index in [-0.39, 0.29) is 11.8 Å². The van der Waals surface area contributed by atoms with Gasteiger partial charge in [0.05, 0.1) is 35.9 Å². The molecule has 0 unspecified atom stereocenters. The minimum atomic E-state index is 0.191. The zero-order valence-electron chi connectivity index (χ0n) is 21.3. The van der Waals surface area contributed by atoms with Crippen LogP contribution in [0.2, 0.25) is 0 Å². The van der Waals surface area contributed by atoms with Gasteiger partial charge in [0.15, 0.2) is 0 Å². The minimum Gasteiger partial charge on any atom is -0.342 e. The topological polar surface area (TPSA) is 72.9 Å². The van der Waals surface area contributed by atoms with Gasteiger partial charge in [-0.15, -0.1) is 0 Å². The predicted octanol–water partition coefficient (Wildman–Crippen LogP) is 2.82. The SMILES string of the molecule is O=C(CN1Cc2cccc(n2)CN(CC(=O)N2CCCCC2)Cc2cccc(n2)C1)N1CCCCC1. The summed E-state index contributed by atoms with van der Waals surface area (Å²) in [7, 11) is 0. The van der Waals surface area contributed by atoms with Gasteiger partial charge in [0.1, 0.15) is 0 Å². The summed E-state index contributed by atoms with van der Waals surface area (Å²) < 4.78 is 0. The van der Waals surface area contributed by atoms with Crippen molar-refractivity contribution in [2.24, 2.45) is 0 Å². The first-order valence-electron chi connectivity index (χ1n) is 13.5. The summed E-state index contributed by atoms with van der Waals surface area (Å²) in [5.41, 5.74) is 3.77. The lowest BCUT2D eigenvalue weighted by Gasteiger charge is -2.31. The maximum atomic E-state index is 13.1. The first-order valence-corrected chi connectivity index (χ1v) is 13.5. The molecule has 8 heteroatoms. The van der Waals surface area contributed by atoms with Gasteiger partial charge >= 0.3 is 0 Å². The summed E-state index contributed by atoms with van der Waals surface area (Å²) in [5, 5.41) is 0. The lowest BCUT2D eigenvalue weighted by atomic mass is 10.1. The van der Waals surface area contributed by atoms with Crippen LogP contribution in [0.4, 0.5) is 0 Å². The number of aromatic nitrogens is 2. The highest BCUT2D eigenvalue weighted by molar-refractivity contribution is 5.78. The van der Waals surface area contributed by atoms with E-state index in [1.165, 1.54) is 12.8 Å². The normalized spacial score (nSPS) is 19.9. The van der Waals surface area contributed by atoms with Crippen molar-refractivity contribution in [1.82, 2.24) is 29.6 Å². The number of piperidine rings is 2. The highest BCUT2D eigenvalue weighted by atomic mass is 16.2. The van der Waals surface area contributed by atoms with E-state index in [0.29, 0.717) is 39.3 Å². The van der Waals surface area contributed by atoms with Crippen molar-refractivity contribution in [1.29, 1.82) is 0 Å². The molecule has 3 aliphatic rings. The fourth-order valence-electron chi connectivity index (χ4n) is 5.53. The van der Waals surface area contributed by atoms with Crippen molar-refractivity contribution >= 4 is 11.8 Å². The summed E-state index contributed by atoms with van der Waals surface area (Å²) in [5.74, 6) is 0.382. The third-order valence-corrected chi connectivity index (χ3v) is 7.41. The number of carbonyl (C=O) groups excluding carboxylic acids is 2. The molecule has 4 bridgehead atoms. The molecule has 0 saturated carbocycles. The number of fused-ring (bicyclic) bond motifs is 4. The molecule has 5 heterocycles. The van der Waals surface area contributed by atoms with Crippen LogP contribution in [0.5, 0.6) is 0 Å². The maximum absolute atomic E-state index is 13.1. The van der Waals surface area contributed by atoms with E-state index < -0.39 is 0 Å². The predicted molar refractivity (Wildman–Crippen MR) is 138 cm³/mol. The standard InChI is InChI=1S/C28H38N6O2/c35-27(33-13-3-1-4-14-33)21-31-17-23-9-7-11-25(29-23)19-32(20-26-12-8-10-24(18-31)30-26)22-28(36)34-15-5-2-6-16-34/h7-12H,1-6,13-22H2. The van der Waals surface area contributed by atoms with Crippen molar-refractivity contribution in [3.63, 3.8) is 0 Å². The van der Waals surface area contributed by atoms with E-state index in [2.05, 4.69) is 9.80 Å². The van der Waals surface area contributed by atoms with Crippen molar-refractivity contribution in [2.75, 3.05) is 39.3 Å². The quantitative estimate of drug-likeness (QED) is 0.656. The minimum absolute atomic E-state index is 0.191. The van der Waals surface area contributed by atoms with E-state index >= 15 is 0 Å². The number of likely N-dealkylation sites (tertiary alicyclic amines) is 2. The molecule has 0 spiro atoms. The Bertz CT molecular complexity index is 922. The second-order valence-corrected chi connectivity index (χ2v) is 10.4. The summed E-state index contributed by atoms with van der Waals surface area (Å²) in [6, 6.07) is 12.2. The number of carbonyl (C=O) groups is 2. The highest BCUT2D eigenvalue weighted by Gasteiger charge is 2.23. The van der Waals surface area contributed by atoms with Crippen LogP contribution in [0.3, 0.4) is 0 Å². The van der Waals surface area contributed by atoms with Crippen LogP contribution in [-0.4, -0.2) is 80.7 Å². The summed E-state index contributed by atoms with van der Waals surface area (Å²) >= 11 is 0. The van der Waals surface area contributed by atoms with E-state index in [0.717, 1.165) is 74.6 Å². The Hall–Kier alpha value is -2.84. The molecular weight excluding hydrogens is 452 g/mol. The van der Waals surface area contributed by atoms with Gasteiger partial charge < -0.3 is 9.80 Å². The van der Waals surface area contributed by atoms with Gasteiger partial charge in [-0.05, 0) is 62.8 Å². The Morgan fingerprint density at radius 3 is 1.22 bits per heavy atom. The van der Waals surface area contributed by atoms with Gasteiger partial charge in [0, 0.05) is 52.4 Å². The third-order valence-electron chi connectivity index (χ3n) is 7.41. The number of rotatable bonds is 4. The Balaban J connectivity index is 1.35. The van der Waals surface area contributed by atoms with Gasteiger partial charge in [-0.1, -0.05) is 12.1 Å². The molecule has 3 aliphatic heterocycles. The molecule has 2 saturated heterocycles. The van der Waals surface area contributed by atoms with E-state index in [1.807, 2.05) is 46.2 Å². The van der Waals surface area contributed by atoms with Gasteiger partial charge in [0.2, 0.25) is 11.8 Å². The zero-order chi connectivity index (χ0) is 24.7. The molecule has 36 heavy (non-hydrogen) atoms. The molecule has 0 atom stereocenters. The molecule has 2 amide bonds. The van der Waals surface area contributed by atoms with Gasteiger partial charge in [0.25, 0.3) is 0 Å². The van der Waals surface area contributed by atoms with Crippen molar-refractivity contribution in [3.8, 4) is 0 Å². The first kappa shape index (κ1) is 24.8. The van der Waals surface area contributed by atoms with Crippen LogP contribution < -0.4 is 0 Å². The number of hydrogen-bond donors (Lipinski definition) is 0. The molecule has 2 aromatic heterocycles. The number of nitrogens with zero attached hydrogens (tertiary/aromatic N) is 6. The molecule has 0 aliphatic carbocycles. The first-order chi connectivity index (χ1) is 17.6. The van der Waals surface area contributed by atoms with Gasteiger partial charge in [-0.3, -0.25) is 29.4 Å². The number of pyridine rings is 2. The zero-order valence-corrected chi connectivity index (χ0v) is 21.3. The van der Waals surface area contributed by atoms with Crippen molar-refractivity contribution in [2.45, 2.75) is 64.7 Å². The van der Waals surface area contributed by atoms with Crippen LogP contribution >= 0.6 is 0 Å². The fraction of sp³-hybridized carbons (Fsp3) is 0.571. The van der Waals surface area contributed by atoms with Gasteiger partial charge in [-0.2, -0.15) is 0 Å². The Morgan fingerprint density at radius 1 is 0.556 bits per heavy atom. The summed E-state index contributed by atoms with van der Waals surface area (Å²) in [4.78, 5) is 44.3. The summed E-state index contributed by atoms with van der Waals surface area (Å²) in [6.45, 7) is 6.54. The highest BCUT2D eigenvalue weighted by Crippen LogP contribution is 2.17. The summed E-state index contributed by atoms with van der Waals surface area (Å²) in [6.07, 6.45) is 6.79. The molecule has 0 radical (unpaired) electrons. The fourth-order valence-corrected chi connectivity index (χ4v) is 5.53. The maximum Gasteiger partial charge on any atom is 0.236 e. The third kappa shape index (κ3) is 6.68. The molecule has 192 valence electrons. The van der Waals surface area contributed by atoms with Crippen LogP contribution in [-0.2, 0) is 35.8 Å². The molecule has 2 fully saturated rings. The molecule has 8 nitrogen and oxygen atoms in total. The second kappa shape index (κ2) is 11.9. The number of hydrogen-bond acceptors (Lipinski definition) is 6. The van der Waals surface area contributed by atoms with E-state index in [9.17, 15) is 9.59 Å². The average Bonchev–Trinajstić information content (AvgIpc) is 2.89. The molecule has 2 aromatic rings. The lowest BCUT2D eigenvalue weighted by molar-refractivity contribution is -0.134. The molecule has 5 rings (SSSR count). The monoisotopic (exact) mass is 490 g/mol. The number of amides is 2. The Morgan fingerprint density at radius 2 is 0.889 bits per heavy atom. The van der Waals surface area contributed by atoms with Crippen LogP contribution in [0.1, 0.15) is 61.3 Å². The largest absolute Gasteiger partial charge is 0.342 e. The van der Waals surface area contributed by atoms with E-state index in [1.54, 1.807) is 0 Å². The van der Waals surface area contributed by atoms with Crippen LogP contribution in [0, 0.1) is 0 Å². The second-order valence-electron chi connectivity index (χ2n) is 10.4. The van der Waals surface area contributed by atoms with E-state index in [4.69, 9.17) is 9.97 Å².